The van der Waals surface area contributed by atoms with Crippen molar-refractivity contribution in [1.82, 2.24) is 0 Å². The molecular formula is C21H14N2O6S. The number of benzene rings is 2. The number of hydrogen-bond donors (Lipinski definition) is 1. The van der Waals surface area contributed by atoms with Gasteiger partial charge in [-0.25, -0.2) is 9.69 Å². The number of imide groups is 1. The Morgan fingerprint density at radius 1 is 0.967 bits per heavy atom. The Bertz CT molecular complexity index is 1190. The third-order valence-electron chi connectivity index (χ3n) is 5.78. The van der Waals surface area contributed by atoms with Gasteiger partial charge in [-0.2, -0.15) is 0 Å². The molecule has 0 aromatic heterocycles. The van der Waals surface area contributed by atoms with Gasteiger partial charge in [0.05, 0.1) is 22.2 Å². The summed E-state index contributed by atoms with van der Waals surface area (Å²) in [5, 5.41) is -0.509. The minimum atomic E-state index is -0.760. The normalized spacial score (nSPS) is 26.3. The highest BCUT2D eigenvalue weighted by Crippen LogP contribution is 2.54. The van der Waals surface area contributed by atoms with Gasteiger partial charge in [-0.3, -0.25) is 9.59 Å². The molecule has 6 rings (SSSR count). The summed E-state index contributed by atoms with van der Waals surface area (Å²) in [6.07, 6.45) is 0. The van der Waals surface area contributed by atoms with Gasteiger partial charge < -0.3 is 19.9 Å². The first-order valence-corrected chi connectivity index (χ1v) is 10.2. The molecule has 8 nitrogen and oxygen atoms in total. The third-order valence-corrected chi connectivity index (χ3v) is 7.00. The molecule has 9 heteroatoms. The first-order chi connectivity index (χ1) is 14.5. The van der Waals surface area contributed by atoms with Crippen molar-refractivity contribution in [3.05, 3.63) is 58.6 Å². The van der Waals surface area contributed by atoms with Gasteiger partial charge in [0.25, 0.3) is 0 Å². The number of fused-ring (bicyclic) bond motifs is 6. The van der Waals surface area contributed by atoms with Crippen molar-refractivity contribution in [2.24, 2.45) is 11.7 Å². The number of nitrogens with two attached hydrogens (primary N) is 1. The first kappa shape index (κ1) is 17.4. The van der Waals surface area contributed by atoms with Gasteiger partial charge in [0, 0.05) is 17.5 Å². The minimum absolute atomic E-state index is 0.0898. The van der Waals surface area contributed by atoms with Crippen molar-refractivity contribution < 1.29 is 28.6 Å². The number of ether oxygens (including phenoxy) is 3. The number of para-hydroxylation sites is 1. The van der Waals surface area contributed by atoms with Crippen molar-refractivity contribution in [1.29, 1.82) is 0 Å². The Balaban J connectivity index is 1.48. The van der Waals surface area contributed by atoms with E-state index in [1.807, 2.05) is 0 Å². The Labute approximate surface area is 174 Å². The van der Waals surface area contributed by atoms with E-state index < -0.39 is 23.1 Å². The number of amides is 2. The summed E-state index contributed by atoms with van der Waals surface area (Å²) in [4.78, 5) is 40.6. The predicted octanol–water partition coefficient (Wildman–Crippen LogP) is 1.89. The fourth-order valence-electron chi connectivity index (χ4n) is 4.48. The van der Waals surface area contributed by atoms with Crippen molar-refractivity contribution in [2.75, 3.05) is 11.7 Å². The summed E-state index contributed by atoms with van der Waals surface area (Å²) in [5.74, 6) is -1.31. The molecule has 0 radical (unpaired) electrons. The first-order valence-electron chi connectivity index (χ1n) is 9.29. The van der Waals surface area contributed by atoms with E-state index in [2.05, 4.69) is 0 Å². The standard InChI is InChI=1S/C21H14N2O6S/c22-18-16-14(10-3-1-2-4-11(10)29-21(16)26)15-17(30-18)20(25)23(19(15)24)9-5-6-12-13(7-9)28-8-27-12/h1-7,14-15,17H,8,22H2/t14-,15-,17-/m0/s1. The van der Waals surface area contributed by atoms with Crippen LogP contribution in [0, 0.1) is 5.92 Å². The van der Waals surface area contributed by atoms with Crippen LogP contribution in [0.3, 0.4) is 0 Å². The minimum Gasteiger partial charge on any atom is -0.454 e. The van der Waals surface area contributed by atoms with Crippen LogP contribution >= 0.6 is 11.8 Å². The van der Waals surface area contributed by atoms with Gasteiger partial charge in [0.1, 0.15) is 11.0 Å². The molecule has 150 valence electrons. The number of anilines is 1. The summed E-state index contributed by atoms with van der Waals surface area (Å²) in [5.41, 5.74) is 7.50. The third kappa shape index (κ3) is 2.20. The molecule has 0 saturated carbocycles. The summed E-state index contributed by atoms with van der Waals surface area (Å²) < 4.78 is 16.1. The second-order valence-electron chi connectivity index (χ2n) is 7.30. The van der Waals surface area contributed by atoms with Crippen LogP contribution in [0.1, 0.15) is 11.5 Å². The Hall–Kier alpha value is -3.46. The number of carbonyl (C=O) groups is 3. The van der Waals surface area contributed by atoms with Crippen LogP contribution in [0.25, 0.3) is 0 Å². The smallest absolute Gasteiger partial charge is 0.342 e. The maximum Gasteiger partial charge on any atom is 0.342 e. The van der Waals surface area contributed by atoms with Crippen molar-refractivity contribution >= 4 is 35.2 Å². The van der Waals surface area contributed by atoms with Crippen LogP contribution in [0.4, 0.5) is 5.69 Å². The lowest BCUT2D eigenvalue weighted by atomic mass is 9.77. The quantitative estimate of drug-likeness (QED) is 0.422. The molecule has 1 fully saturated rings. The average molecular weight is 422 g/mol. The van der Waals surface area contributed by atoms with Crippen LogP contribution in [0.15, 0.2) is 53.1 Å². The average Bonchev–Trinajstić information content (AvgIpc) is 3.30. The number of rotatable bonds is 1. The maximum absolute atomic E-state index is 13.5. The van der Waals surface area contributed by atoms with Gasteiger partial charge in [-0.15, -0.1) is 0 Å². The lowest BCUT2D eigenvalue weighted by Gasteiger charge is -2.36. The van der Waals surface area contributed by atoms with E-state index in [1.54, 1.807) is 42.5 Å². The van der Waals surface area contributed by atoms with E-state index in [-0.39, 0.29) is 29.2 Å². The molecule has 0 aliphatic carbocycles. The van der Waals surface area contributed by atoms with Gasteiger partial charge in [-0.05, 0) is 18.2 Å². The largest absolute Gasteiger partial charge is 0.454 e. The Kier molecular flexibility index (Phi) is 3.49. The number of hydrogen-bond acceptors (Lipinski definition) is 8. The van der Waals surface area contributed by atoms with E-state index in [9.17, 15) is 14.4 Å². The summed E-state index contributed by atoms with van der Waals surface area (Å²) in [6.45, 7) is 0.0898. The second kappa shape index (κ2) is 6.02. The zero-order valence-corrected chi connectivity index (χ0v) is 16.2. The maximum atomic E-state index is 13.5. The Morgan fingerprint density at radius 3 is 2.63 bits per heavy atom. The lowest BCUT2D eigenvalue weighted by molar-refractivity contribution is -0.131. The van der Waals surface area contributed by atoms with Crippen LogP contribution in [-0.2, 0) is 14.4 Å². The molecule has 0 unspecified atom stereocenters. The van der Waals surface area contributed by atoms with E-state index in [0.717, 1.165) is 16.7 Å². The molecule has 2 amide bonds. The molecule has 0 spiro atoms. The van der Waals surface area contributed by atoms with Crippen LogP contribution < -0.4 is 24.8 Å². The van der Waals surface area contributed by atoms with Gasteiger partial charge in [-0.1, -0.05) is 30.0 Å². The monoisotopic (exact) mass is 422 g/mol. The van der Waals surface area contributed by atoms with Crippen molar-refractivity contribution in [3.8, 4) is 17.2 Å². The lowest BCUT2D eigenvalue weighted by Crippen LogP contribution is -2.39. The second-order valence-corrected chi connectivity index (χ2v) is 8.48. The zero-order valence-electron chi connectivity index (χ0n) is 15.4. The van der Waals surface area contributed by atoms with E-state index in [0.29, 0.717) is 28.5 Å². The van der Waals surface area contributed by atoms with E-state index in [1.165, 1.54) is 0 Å². The van der Waals surface area contributed by atoms with Crippen molar-refractivity contribution in [3.63, 3.8) is 0 Å². The molecule has 1 saturated heterocycles. The van der Waals surface area contributed by atoms with Gasteiger partial charge in [0.2, 0.25) is 18.6 Å². The molecule has 4 aliphatic rings. The summed E-state index contributed by atoms with van der Waals surface area (Å²) in [7, 11) is 0. The van der Waals surface area contributed by atoms with Gasteiger partial charge in [0.15, 0.2) is 11.5 Å². The van der Waals surface area contributed by atoms with Crippen LogP contribution in [0.2, 0.25) is 0 Å². The highest BCUT2D eigenvalue weighted by atomic mass is 32.2. The Morgan fingerprint density at radius 2 is 1.77 bits per heavy atom. The fraction of sp³-hybridized carbons (Fsp3) is 0.190. The van der Waals surface area contributed by atoms with Crippen LogP contribution in [0.5, 0.6) is 17.2 Å². The highest BCUT2D eigenvalue weighted by molar-refractivity contribution is 8.04. The topological polar surface area (TPSA) is 108 Å². The van der Waals surface area contributed by atoms with Crippen molar-refractivity contribution in [2.45, 2.75) is 11.2 Å². The molecular weight excluding hydrogens is 408 g/mol. The zero-order chi connectivity index (χ0) is 20.6. The number of esters is 1. The molecule has 0 bridgehead atoms. The molecule has 2 aromatic rings. The highest BCUT2D eigenvalue weighted by Gasteiger charge is 2.58. The SMILES string of the molecule is NC1=C2C(=O)Oc3ccccc3[C@H]2[C@@H]2C(=O)N(c3ccc4c(c3)OCO4)C(=O)[C@H]2S1. The molecule has 2 aromatic carbocycles. The van der Waals surface area contributed by atoms with Gasteiger partial charge >= 0.3 is 5.97 Å². The molecule has 30 heavy (non-hydrogen) atoms. The number of nitrogens with zero attached hydrogens (tertiary/aromatic N) is 1. The molecule has 3 atom stereocenters. The molecule has 4 aliphatic heterocycles. The molecule has 4 heterocycles. The number of carbonyl (C=O) groups excluding carboxylic acids is 3. The summed E-state index contributed by atoms with van der Waals surface area (Å²) >= 11 is 1.05. The number of thioether (sulfide) groups is 1. The van der Waals surface area contributed by atoms with Crippen LogP contribution in [-0.4, -0.2) is 29.8 Å². The van der Waals surface area contributed by atoms with E-state index in [4.69, 9.17) is 19.9 Å². The molecule has 2 N–H and O–H groups in total. The summed E-state index contributed by atoms with van der Waals surface area (Å²) in [6, 6.07) is 12.0. The predicted molar refractivity (Wildman–Crippen MR) is 106 cm³/mol. The van der Waals surface area contributed by atoms with E-state index >= 15 is 0 Å². The fourth-order valence-corrected chi connectivity index (χ4v) is 5.72.